The molecule has 0 saturated heterocycles. The molecule has 0 aliphatic carbocycles. The van der Waals surface area contributed by atoms with E-state index >= 15 is 0 Å². The van der Waals surface area contributed by atoms with Crippen LogP contribution in [0.3, 0.4) is 0 Å². The van der Waals surface area contributed by atoms with Gasteiger partial charge in [0.15, 0.2) is 0 Å². The van der Waals surface area contributed by atoms with Crippen LogP contribution in [-0.2, 0) is 4.79 Å². The van der Waals surface area contributed by atoms with E-state index in [-0.39, 0.29) is 11.8 Å². The van der Waals surface area contributed by atoms with Gasteiger partial charge in [0, 0.05) is 31.4 Å². The normalized spacial score (nSPS) is 10.5. The van der Waals surface area contributed by atoms with Gasteiger partial charge in [0.25, 0.3) is 5.91 Å². The molecule has 22 heavy (non-hydrogen) atoms. The highest BCUT2D eigenvalue weighted by atomic mass is 16.2. The van der Waals surface area contributed by atoms with Gasteiger partial charge in [0.2, 0.25) is 5.91 Å². The van der Waals surface area contributed by atoms with Gasteiger partial charge in [-0.05, 0) is 35.9 Å². The van der Waals surface area contributed by atoms with Crippen LogP contribution in [0.25, 0.3) is 6.08 Å². The predicted octanol–water partition coefficient (Wildman–Crippen LogP) is 3.04. The van der Waals surface area contributed by atoms with E-state index in [1.54, 1.807) is 44.4 Å². The summed E-state index contributed by atoms with van der Waals surface area (Å²) in [6, 6.07) is 16.4. The fourth-order valence-corrected chi connectivity index (χ4v) is 1.87. The highest BCUT2D eigenvalue weighted by Gasteiger charge is 2.07. The third-order valence-electron chi connectivity index (χ3n) is 3.03. The Hall–Kier alpha value is -2.88. The Morgan fingerprint density at radius 1 is 0.955 bits per heavy atom. The fourth-order valence-electron chi connectivity index (χ4n) is 1.87. The molecule has 0 fully saturated rings. The number of hydrogen-bond donors (Lipinski definition) is 1. The van der Waals surface area contributed by atoms with E-state index in [1.165, 1.54) is 11.0 Å². The van der Waals surface area contributed by atoms with Gasteiger partial charge in [0.1, 0.15) is 0 Å². The molecule has 0 unspecified atom stereocenters. The van der Waals surface area contributed by atoms with Crippen LogP contribution in [0.1, 0.15) is 15.9 Å². The average Bonchev–Trinajstić information content (AvgIpc) is 2.54. The second-order valence-electron chi connectivity index (χ2n) is 5.01. The van der Waals surface area contributed by atoms with Gasteiger partial charge in [-0.15, -0.1) is 0 Å². The molecule has 0 spiro atoms. The quantitative estimate of drug-likeness (QED) is 0.881. The summed E-state index contributed by atoms with van der Waals surface area (Å²) in [7, 11) is 3.40. The van der Waals surface area contributed by atoms with Crippen molar-refractivity contribution in [2.45, 2.75) is 0 Å². The topological polar surface area (TPSA) is 49.4 Å². The third kappa shape index (κ3) is 4.31. The van der Waals surface area contributed by atoms with E-state index in [4.69, 9.17) is 0 Å². The minimum atomic E-state index is -0.212. The molecule has 0 aromatic heterocycles. The minimum absolute atomic E-state index is 0.0677. The first-order valence-corrected chi connectivity index (χ1v) is 6.92. The average molecular weight is 294 g/mol. The van der Waals surface area contributed by atoms with Gasteiger partial charge in [-0.2, -0.15) is 0 Å². The summed E-state index contributed by atoms with van der Waals surface area (Å²) in [5.74, 6) is -0.280. The Labute approximate surface area is 130 Å². The van der Waals surface area contributed by atoms with Crippen LogP contribution in [0.15, 0.2) is 60.7 Å². The molecule has 112 valence electrons. The molecule has 2 amide bonds. The Kier molecular flexibility index (Phi) is 5.09. The monoisotopic (exact) mass is 294 g/mol. The number of amides is 2. The van der Waals surface area contributed by atoms with Crippen molar-refractivity contribution >= 4 is 23.6 Å². The summed E-state index contributed by atoms with van der Waals surface area (Å²) in [5.41, 5.74) is 2.20. The van der Waals surface area contributed by atoms with E-state index in [1.807, 2.05) is 30.3 Å². The first-order chi connectivity index (χ1) is 10.6. The molecule has 0 heterocycles. The largest absolute Gasteiger partial charge is 0.345 e. The maximum absolute atomic E-state index is 11.8. The van der Waals surface area contributed by atoms with Crippen molar-refractivity contribution in [2.24, 2.45) is 0 Å². The summed E-state index contributed by atoms with van der Waals surface area (Å²) < 4.78 is 0. The number of benzene rings is 2. The highest BCUT2D eigenvalue weighted by molar-refractivity contribution is 6.02. The number of carbonyl (C=O) groups excluding carboxylic acids is 2. The van der Waals surface area contributed by atoms with Crippen molar-refractivity contribution in [2.75, 3.05) is 19.4 Å². The lowest BCUT2D eigenvalue weighted by Crippen LogP contribution is -2.21. The Bertz CT molecular complexity index is 674. The van der Waals surface area contributed by atoms with Crippen molar-refractivity contribution in [1.29, 1.82) is 0 Å². The number of nitrogens with one attached hydrogen (secondary N) is 1. The number of anilines is 1. The Morgan fingerprint density at radius 3 is 2.18 bits per heavy atom. The first-order valence-electron chi connectivity index (χ1n) is 6.92. The van der Waals surface area contributed by atoms with E-state index in [2.05, 4.69) is 5.32 Å². The summed E-state index contributed by atoms with van der Waals surface area (Å²) in [6.45, 7) is 0. The summed E-state index contributed by atoms with van der Waals surface area (Å²) >= 11 is 0. The molecule has 4 nitrogen and oxygen atoms in total. The molecule has 0 radical (unpaired) electrons. The van der Waals surface area contributed by atoms with Crippen LogP contribution in [0, 0.1) is 0 Å². The van der Waals surface area contributed by atoms with E-state index in [0.29, 0.717) is 11.3 Å². The van der Waals surface area contributed by atoms with Gasteiger partial charge >= 0.3 is 0 Å². The molecule has 0 saturated carbocycles. The number of hydrogen-bond acceptors (Lipinski definition) is 2. The second-order valence-corrected chi connectivity index (χ2v) is 5.01. The number of nitrogens with zero attached hydrogens (tertiary/aromatic N) is 1. The van der Waals surface area contributed by atoms with Crippen molar-refractivity contribution in [1.82, 2.24) is 4.90 Å². The van der Waals surface area contributed by atoms with E-state index < -0.39 is 0 Å². The number of rotatable bonds is 4. The molecule has 2 aromatic carbocycles. The summed E-state index contributed by atoms with van der Waals surface area (Å²) in [4.78, 5) is 25.1. The highest BCUT2D eigenvalue weighted by Crippen LogP contribution is 2.11. The van der Waals surface area contributed by atoms with Crippen molar-refractivity contribution in [3.63, 3.8) is 0 Å². The van der Waals surface area contributed by atoms with E-state index in [0.717, 1.165) is 5.56 Å². The molecule has 0 aliphatic heterocycles. The standard InChI is InChI=1S/C18H18N2O2/c1-20(2)18(22)15-9-11-16(12-10-15)19-17(21)13-8-14-6-4-3-5-7-14/h3-13H,1-2H3,(H,19,21)/b13-8+. The van der Waals surface area contributed by atoms with Crippen LogP contribution in [0.2, 0.25) is 0 Å². The van der Waals surface area contributed by atoms with Crippen molar-refractivity contribution in [3.05, 3.63) is 71.8 Å². The molecule has 0 bridgehead atoms. The van der Waals surface area contributed by atoms with Gasteiger partial charge in [0.05, 0.1) is 0 Å². The van der Waals surface area contributed by atoms with Crippen LogP contribution < -0.4 is 5.32 Å². The SMILES string of the molecule is CN(C)C(=O)c1ccc(NC(=O)/C=C/c2ccccc2)cc1. The van der Waals surface area contributed by atoms with Crippen LogP contribution in [-0.4, -0.2) is 30.8 Å². The zero-order chi connectivity index (χ0) is 15.9. The van der Waals surface area contributed by atoms with Crippen molar-refractivity contribution in [3.8, 4) is 0 Å². The molecule has 4 heteroatoms. The molecular formula is C18H18N2O2. The maximum atomic E-state index is 11.8. The van der Waals surface area contributed by atoms with Crippen LogP contribution in [0.4, 0.5) is 5.69 Å². The predicted molar refractivity (Wildman–Crippen MR) is 88.6 cm³/mol. The molecular weight excluding hydrogens is 276 g/mol. The van der Waals surface area contributed by atoms with Gasteiger partial charge < -0.3 is 10.2 Å². The molecule has 0 atom stereocenters. The lowest BCUT2D eigenvalue weighted by Gasteiger charge is -2.10. The molecule has 2 aromatic rings. The van der Waals surface area contributed by atoms with Crippen LogP contribution in [0.5, 0.6) is 0 Å². The van der Waals surface area contributed by atoms with Gasteiger partial charge in [-0.3, -0.25) is 9.59 Å². The van der Waals surface area contributed by atoms with Gasteiger partial charge in [-0.1, -0.05) is 30.3 Å². The molecule has 0 aliphatic rings. The first kappa shape index (κ1) is 15.5. The minimum Gasteiger partial charge on any atom is -0.345 e. The molecule has 1 N–H and O–H groups in total. The summed E-state index contributed by atoms with van der Waals surface area (Å²) in [6.07, 6.45) is 3.23. The Morgan fingerprint density at radius 2 is 1.59 bits per heavy atom. The van der Waals surface area contributed by atoms with E-state index in [9.17, 15) is 9.59 Å². The second kappa shape index (κ2) is 7.22. The molecule has 2 rings (SSSR count). The van der Waals surface area contributed by atoms with Gasteiger partial charge in [-0.25, -0.2) is 0 Å². The summed E-state index contributed by atoms with van der Waals surface area (Å²) in [5, 5.41) is 2.76. The van der Waals surface area contributed by atoms with Crippen molar-refractivity contribution < 1.29 is 9.59 Å². The fraction of sp³-hybridized carbons (Fsp3) is 0.111. The zero-order valence-corrected chi connectivity index (χ0v) is 12.6. The van der Waals surface area contributed by atoms with Crippen LogP contribution >= 0.6 is 0 Å². The number of carbonyl (C=O) groups is 2. The zero-order valence-electron chi connectivity index (χ0n) is 12.6. The smallest absolute Gasteiger partial charge is 0.253 e. The lowest BCUT2D eigenvalue weighted by atomic mass is 10.2. The lowest BCUT2D eigenvalue weighted by molar-refractivity contribution is -0.111. The Balaban J connectivity index is 1.97. The third-order valence-corrected chi connectivity index (χ3v) is 3.03. The maximum Gasteiger partial charge on any atom is 0.253 e.